The number of anilines is 2. The second-order valence-corrected chi connectivity index (χ2v) is 7.87. The van der Waals surface area contributed by atoms with Gasteiger partial charge in [-0.05, 0) is 58.2 Å². The molecule has 0 radical (unpaired) electrons. The lowest BCUT2D eigenvalue weighted by molar-refractivity contribution is 0.600. The van der Waals surface area contributed by atoms with Crippen LogP contribution in [0.4, 0.5) is 11.4 Å². The van der Waals surface area contributed by atoms with Gasteiger partial charge in [0.25, 0.3) is 10.0 Å². The van der Waals surface area contributed by atoms with Crippen molar-refractivity contribution in [3.63, 3.8) is 0 Å². The van der Waals surface area contributed by atoms with Crippen LogP contribution in [0.2, 0.25) is 0 Å². The molecule has 7 heteroatoms. The molecule has 112 valence electrons. The maximum absolute atomic E-state index is 12.6. The molecule has 0 aliphatic rings. The van der Waals surface area contributed by atoms with Crippen LogP contribution in [0.5, 0.6) is 0 Å². The summed E-state index contributed by atoms with van der Waals surface area (Å²) in [4.78, 5) is 0.205. The Hall–Kier alpha value is -1.05. The summed E-state index contributed by atoms with van der Waals surface area (Å²) in [5.41, 5.74) is 7.33. The predicted octanol–water partition coefficient (Wildman–Crippen LogP) is 4.16. The highest BCUT2D eigenvalue weighted by molar-refractivity contribution is 9.11. The van der Waals surface area contributed by atoms with Crippen molar-refractivity contribution < 1.29 is 8.42 Å². The maximum Gasteiger partial charge on any atom is 0.262 e. The summed E-state index contributed by atoms with van der Waals surface area (Å²) in [6, 6.07) is 10.2. The molecule has 0 aromatic heterocycles. The number of nitrogens with two attached hydrogens (primary N) is 1. The van der Waals surface area contributed by atoms with Crippen molar-refractivity contribution in [1.82, 2.24) is 0 Å². The topological polar surface area (TPSA) is 72.2 Å². The molecule has 0 fully saturated rings. The van der Waals surface area contributed by atoms with E-state index >= 15 is 0 Å². The Morgan fingerprint density at radius 2 is 1.86 bits per heavy atom. The number of aryl methyl sites for hydroxylation is 1. The minimum atomic E-state index is -3.70. The Labute approximate surface area is 141 Å². The normalized spacial score (nSPS) is 11.4. The predicted molar refractivity (Wildman–Crippen MR) is 92.9 cm³/mol. The third kappa shape index (κ3) is 3.78. The first-order valence-corrected chi connectivity index (χ1v) is 9.26. The van der Waals surface area contributed by atoms with Gasteiger partial charge in [0.1, 0.15) is 0 Å². The van der Waals surface area contributed by atoms with Crippen LogP contribution in [0.25, 0.3) is 0 Å². The van der Waals surface area contributed by atoms with E-state index in [0.717, 1.165) is 10.0 Å². The van der Waals surface area contributed by atoms with Crippen LogP contribution in [-0.2, 0) is 16.4 Å². The number of halogens is 2. The zero-order valence-corrected chi connectivity index (χ0v) is 15.2. The summed E-state index contributed by atoms with van der Waals surface area (Å²) in [7, 11) is -3.70. The number of hydrogen-bond acceptors (Lipinski definition) is 3. The summed E-state index contributed by atoms with van der Waals surface area (Å²) < 4.78 is 29.2. The number of rotatable bonds is 4. The average molecular weight is 434 g/mol. The summed E-state index contributed by atoms with van der Waals surface area (Å²) in [5, 5.41) is 0. The molecule has 21 heavy (non-hydrogen) atoms. The fourth-order valence-electron chi connectivity index (χ4n) is 1.89. The van der Waals surface area contributed by atoms with Crippen molar-refractivity contribution in [2.24, 2.45) is 0 Å². The number of benzene rings is 2. The highest BCUT2D eigenvalue weighted by atomic mass is 79.9. The first kappa shape index (κ1) is 16.3. The van der Waals surface area contributed by atoms with Gasteiger partial charge in [-0.1, -0.05) is 28.9 Å². The van der Waals surface area contributed by atoms with Gasteiger partial charge >= 0.3 is 0 Å². The van der Waals surface area contributed by atoms with E-state index in [0.29, 0.717) is 22.3 Å². The quantitative estimate of drug-likeness (QED) is 0.711. The molecular weight excluding hydrogens is 420 g/mol. The molecule has 0 saturated heterocycles. The van der Waals surface area contributed by atoms with Gasteiger partial charge in [-0.2, -0.15) is 0 Å². The van der Waals surface area contributed by atoms with E-state index in [4.69, 9.17) is 5.73 Å². The van der Waals surface area contributed by atoms with Crippen molar-refractivity contribution in [1.29, 1.82) is 0 Å². The largest absolute Gasteiger partial charge is 0.399 e. The second kappa shape index (κ2) is 6.37. The molecule has 0 heterocycles. The fraction of sp³-hybridized carbons (Fsp3) is 0.143. The monoisotopic (exact) mass is 432 g/mol. The SMILES string of the molecule is CCc1ccc(N)cc1S(=O)(=O)Nc1cc(Br)ccc1Br. The number of nitrogens with one attached hydrogen (secondary N) is 1. The van der Waals surface area contributed by atoms with Crippen LogP contribution in [-0.4, -0.2) is 8.42 Å². The van der Waals surface area contributed by atoms with Crippen molar-refractivity contribution in [2.75, 3.05) is 10.5 Å². The number of hydrogen-bond donors (Lipinski definition) is 2. The molecule has 0 saturated carbocycles. The molecular formula is C14H14Br2N2O2S. The van der Waals surface area contributed by atoms with E-state index in [9.17, 15) is 8.42 Å². The third-order valence-electron chi connectivity index (χ3n) is 2.93. The minimum Gasteiger partial charge on any atom is -0.399 e. The van der Waals surface area contributed by atoms with Crippen LogP contribution in [0.1, 0.15) is 12.5 Å². The number of nitrogen functional groups attached to an aromatic ring is 1. The Morgan fingerprint density at radius 1 is 1.14 bits per heavy atom. The molecule has 0 aliphatic heterocycles. The van der Waals surface area contributed by atoms with Gasteiger partial charge in [-0.25, -0.2) is 8.42 Å². The maximum atomic E-state index is 12.6. The molecule has 3 N–H and O–H groups in total. The van der Waals surface area contributed by atoms with Crippen molar-refractivity contribution >= 4 is 53.3 Å². The van der Waals surface area contributed by atoms with E-state index in [1.165, 1.54) is 6.07 Å². The number of sulfonamides is 1. The zero-order chi connectivity index (χ0) is 15.6. The van der Waals surface area contributed by atoms with E-state index in [-0.39, 0.29) is 4.90 Å². The summed E-state index contributed by atoms with van der Waals surface area (Å²) >= 11 is 6.66. The molecule has 0 bridgehead atoms. The molecule has 0 spiro atoms. The summed E-state index contributed by atoms with van der Waals surface area (Å²) in [6.07, 6.45) is 0.607. The minimum absolute atomic E-state index is 0.205. The van der Waals surface area contributed by atoms with Crippen molar-refractivity contribution in [2.45, 2.75) is 18.2 Å². The molecule has 0 atom stereocenters. The Balaban J connectivity index is 2.48. The van der Waals surface area contributed by atoms with E-state index in [2.05, 4.69) is 36.6 Å². The lowest BCUT2D eigenvalue weighted by Gasteiger charge is -2.13. The molecule has 0 unspecified atom stereocenters. The average Bonchev–Trinajstić information content (AvgIpc) is 2.42. The Bertz CT molecular complexity index is 777. The van der Waals surface area contributed by atoms with Crippen molar-refractivity contribution in [3.05, 3.63) is 50.9 Å². The molecule has 2 rings (SSSR count). The first-order chi connectivity index (χ1) is 9.83. The van der Waals surface area contributed by atoms with E-state index in [1.54, 1.807) is 24.3 Å². The zero-order valence-electron chi connectivity index (χ0n) is 11.2. The van der Waals surface area contributed by atoms with Gasteiger partial charge < -0.3 is 5.73 Å². The van der Waals surface area contributed by atoms with Crippen LogP contribution in [0, 0.1) is 0 Å². The van der Waals surface area contributed by atoms with Gasteiger partial charge in [0.05, 0.1) is 10.6 Å². The lowest BCUT2D eigenvalue weighted by Crippen LogP contribution is -2.15. The third-order valence-corrected chi connectivity index (χ3v) is 5.57. The first-order valence-electron chi connectivity index (χ1n) is 6.19. The van der Waals surface area contributed by atoms with Gasteiger partial charge in [0.15, 0.2) is 0 Å². The smallest absolute Gasteiger partial charge is 0.262 e. The van der Waals surface area contributed by atoms with Crippen molar-refractivity contribution in [3.8, 4) is 0 Å². The highest BCUT2D eigenvalue weighted by Gasteiger charge is 2.19. The Kier molecular flexibility index (Phi) is 4.95. The Morgan fingerprint density at radius 3 is 2.52 bits per heavy atom. The fourth-order valence-corrected chi connectivity index (χ4v) is 4.14. The van der Waals surface area contributed by atoms with Gasteiger partial charge in [0.2, 0.25) is 0 Å². The molecule has 4 nitrogen and oxygen atoms in total. The lowest BCUT2D eigenvalue weighted by atomic mass is 10.1. The molecule has 0 aliphatic carbocycles. The highest BCUT2D eigenvalue weighted by Crippen LogP contribution is 2.29. The van der Waals surface area contributed by atoms with Gasteiger partial charge in [-0.3, -0.25) is 4.72 Å². The summed E-state index contributed by atoms with van der Waals surface area (Å²) in [5.74, 6) is 0. The molecule has 0 amide bonds. The van der Waals surface area contributed by atoms with Gasteiger partial charge in [-0.15, -0.1) is 0 Å². The van der Waals surface area contributed by atoms with E-state index < -0.39 is 10.0 Å². The van der Waals surface area contributed by atoms with Crippen LogP contribution < -0.4 is 10.5 Å². The standard InChI is InChI=1S/C14H14Br2N2O2S/c1-2-9-3-5-11(17)8-14(9)21(19,20)18-13-7-10(15)4-6-12(13)16/h3-8,18H,2,17H2,1H3. The van der Waals surface area contributed by atoms with E-state index in [1.807, 2.05) is 13.0 Å². The second-order valence-electron chi connectivity index (χ2n) is 4.45. The summed E-state index contributed by atoms with van der Waals surface area (Å²) in [6.45, 7) is 1.90. The van der Waals surface area contributed by atoms with Gasteiger partial charge in [0, 0.05) is 14.6 Å². The molecule has 2 aromatic carbocycles. The molecule has 2 aromatic rings. The van der Waals surface area contributed by atoms with Crippen LogP contribution >= 0.6 is 31.9 Å². The van der Waals surface area contributed by atoms with Crippen LogP contribution in [0.3, 0.4) is 0 Å². The van der Waals surface area contributed by atoms with Crippen LogP contribution in [0.15, 0.2) is 50.2 Å².